The van der Waals surface area contributed by atoms with Crippen molar-refractivity contribution in [1.29, 1.82) is 0 Å². The van der Waals surface area contributed by atoms with E-state index in [1.54, 1.807) is 18.2 Å². The first kappa shape index (κ1) is 20.9. The van der Waals surface area contributed by atoms with Gasteiger partial charge in [0, 0.05) is 22.8 Å². The molecule has 0 aromatic heterocycles. The summed E-state index contributed by atoms with van der Waals surface area (Å²) in [4.78, 5) is 38.9. The lowest BCUT2D eigenvalue weighted by Crippen LogP contribution is -2.47. The summed E-state index contributed by atoms with van der Waals surface area (Å²) in [5, 5.41) is 2.89. The highest BCUT2D eigenvalue weighted by Crippen LogP contribution is 2.53. The largest absolute Gasteiger partial charge is 0.466 e. The van der Waals surface area contributed by atoms with Gasteiger partial charge >= 0.3 is 17.9 Å². The molecule has 9 nitrogen and oxygen atoms in total. The Morgan fingerprint density at radius 2 is 1.93 bits per heavy atom. The molecule has 29 heavy (non-hydrogen) atoms. The monoisotopic (exact) mass is 466 g/mol. The van der Waals surface area contributed by atoms with Crippen LogP contribution in [0.3, 0.4) is 0 Å². The van der Waals surface area contributed by atoms with E-state index in [1.165, 1.54) is 21.1 Å². The van der Waals surface area contributed by atoms with Gasteiger partial charge in [0.25, 0.3) is 0 Å². The molecule has 1 atom stereocenters. The van der Waals surface area contributed by atoms with Crippen LogP contribution in [0.25, 0.3) is 0 Å². The van der Waals surface area contributed by atoms with E-state index < -0.39 is 23.3 Å². The number of allylic oxidation sites excluding steroid dienone is 1. The third-order valence-electron chi connectivity index (χ3n) is 4.69. The summed E-state index contributed by atoms with van der Waals surface area (Å²) in [6.07, 6.45) is 0. The van der Waals surface area contributed by atoms with Crippen molar-refractivity contribution >= 4 is 39.5 Å². The number of fused-ring (bicyclic) bond motifs is 2. The highest BCUT2D eigenvalue weighted by atomic mass is 79.9. The van der Waals surface area contributed by atoms with Crippen LogP contribution < -0.4 is 11.1 Å². The fourth-order valence-corrected chi connectivity index (χ4v) is 3.90. The quantitative estimate of drug-likeness (QED) is 0.376. The van der Waals surface area contributed by atoms with Gasteiger partial charge < -0.3 is 30.0 Å². The number of hydrogen-bond donors (Lipinski definition) is 2. The molecule has 0 amide bonds. The number of nitrogens with two attached hydrogens (primary N) is 1. The molecule has 154 valence electrons. The van der Waals surface area contributed by atoms with Crippen LogP contribution in [0, 0.1) is 0 Å². The number of ether oxygens (including phenoxy) is 4. The van der Waals surface area contributed by atoms with Crippen LogP contribution >= 0.6 is 15.9 Å². The molecule has 0 saturated carbocycles. The first-order chi connectivity index (χ1) is 13.8. The summed E-state index contributed by atoms with van der Waals surface area (Å²) in [5.74, 6) is -2.67. The molecule has 10 heteroatoms. The van der Waals surface area contributed by atoms with Crippen LogP contribution in [-0.4, -0.2) is 45.3 Å². The number of halogens is 1. The third-order valence-corrected chi connectivity index (χ3v) is 5.19. The van der Waals surface area contributed by atoms with Crippen LogP contribution in [0.2, 0.25) is 0 Å². The number of nitrogens with one attached hydrogen (secondary N) is 1. The molecule has 1 spiro atoms. The van der Waals surface area contributed by atoms with Gasteiger partial charge in [-0.2, -0.15) is 0 Å². The maximum Gasteiger partial charge on any atom is 0.339 e. The van der Waals surface area contributed by atoms with Crippen molar-refractivity contribution in [3.05, 3.63) is 51.0 Å². The van der Waals surface area contributed by atoms with Gasteiger partial charge in [-0.15, -0.1) is 0 Å². The molecule has 0 saturated heterocycles. The smallest absolute Gasteiger partial charge is 0.339 e. The Morgan fingerprint density at radius 1 is 1.21 bits per heavy atom. The maximum atomic E-state index is 13.2. The van der Waals surface area contributed by atoms with Crippen molar-refractivity contribution < 1.29 is 33.3 Å². The summed E-state index contributed by atoms with van der Waals surface area (Å²) in [7, 11) is 2.63. The minimum absolute atomic E-state index is 0.0182. The predicted octanol–water partition coefficient (Wildman–Crippen LogP) is 1.48. The van der Waals surface area contributed by atoms with Gasteiger partial charge in [-0.1, -0.05) is 15.9 Å². The lowest BCUT2D eigenvalue weighted by Gasteiger charge is -2.36. The number of hydrogen-bond acceptors (Lipinski definition) is 9. The van der Waals surface area contributed by atoms with Gasteiger partial charge in [-0.25, -0.2) is 14.4 Å². The van der Waals surface area contributed by atoms with Gasteiger partial charge in [-0.3, -0.25) is 0 Å². The Hall–Kier alpha value is -2.85. The molecule has 0 bridgehead atoms. The average Bonchev–Trinajstić information content (AvgIpc) is 2.92. The number of anilines is 1. The van der Waals surface area contributed by atoms with Crippen molar-refractivity contribution in [3.63, 3.8) is 0 Å². The van der Waals surface area contributed by atoms with Crippen LogP contribution in [-0.2, 0) is 38.7 Å². The fraction of sp³-hybridized carbons (Fsp3) is 0.316. The van der Waals surface area contributed by atoms with Gasteiger partial charge in [-0.05, 0) is 25.1 Å². The third kappa shape index (κ3) is 3.18. The van der Waals surface area contributed by atoms with Crippen molar-refractivity contribution in [2.45, 2.75) is 12.3 Å². The Labute approximate surface area is 174 Å². The van der Waals surface area contributed by atoms with Gasteiger partial charge in [0.2, 0.25) is 0 Å². The SMILES string of the molecule is COCCOC(=O)C1=C(N)Nc2ccc(Br)cc2C12C(=O)OC(C)=C2C(=O)OC. The zero-order valence-electron chi connectivity index (χ0n) is 16.0. The van der Waals surface area contributed by atoms with E-state index in [-0.39, 0.29) is 35.9 Å². The van der Waals surface area contributed by atoms with Crippen molar-refractivity contribution in [2.24, 2.45) is 5.73 Å². The standard InChI is InChI=1S/C19H19BrN2O7/c1-9-13(16(23)27-3)19(18(25)29-9)11-8-10(20)4-5-12(11)22-15(21)14(19)17(24)28-7-6-26-2/h4-5,8,22H,6-7,21H2,1-3H3. The molecular formula is C19H19BrN2O7. The molecule has 0 fully saturated rings. The second-order valence-corrected chi connectivity index (χ2v) is 7.21. The van der Waals surface area contributed by atoms with Gasteiger partial charge in [0.15, 0.2) is 5.41 Å². The topological polar surface area (TPSA) is 126 Å². The summed E-state index contributed by atoms with van der Waals surface area (Å²) < 4.78 is 20.9. The number of esters is 3. The molecule has 3 rings (SSSR count). The molecule has 2 aliphatic heterocycles. The highest BCUT2D eigenvalue weighted by molar-refractivity contribution is 9.10. The molecule has 3 N–H and O–H groups in total. The first-order valence-electron chi connectivity index (χ1n) is 8.54. The maximum absolute atomic E-state index is 13.2. The summed E-state index contributed by atoms with van der Waals surface area (Å²) in [6.45, 7) is 1.52. The zero-order chi connectivity index (χ0) is 21.3. The summed E-state index contributed by atoms with van der Waals surface area (Å²) >= 11 is 3.36. The number of carbonyl (C=O) groups excluding carboxylic acids is 3. The molecule has 2 heterocycles. The van der Waals surface area contributed by atoms with Crippen molar-refractivity contribution in [3.8, 4) is 0 Å². The molecule has 0 radical (unpaired) electrons. The molecule has 1 aromatic carbocycles. The van der Waals surface area contributed by atoms with E-state index in [0.717, 1.165) is 0 Å². The number of methoxy groups -OCH3 is 2. The molecule has 0 aliphatic carbocycles. The van der Waals surface area contributed by atoms with Crippen LogP contribution in [0.15, 0.2) is 45.4 Å². The second kappa shape index (κ2) is 7.88. The lowest BCUT2D eigenvalue weighted by molar-refractivity contribution is -0.147. The molecule has 1 unspecified atom stereocenters. The molecule has 2 aliphatic rings. The van der Waals surface area contributed by atoms with E-state index in [0.29, 0.717) is 15.7 Å². The summed E-state index contributed by atoms with van der Waals surface area (Å²) in [5.41, 5.74) is 4.57. The Morgan fingerprint density at radius 3 is 2.59 bits per heavy atom. The number of benzene rings is 1. The first-order valence-corrected chi connectivity index (χ1v) is 9.33. The van der Waals surface area contributed by atoms with Gasteiger partial charge in [0.1, 0.15) is 29.3 Å². The Kier molecular flexibility index (Phi) is 5.67. The predicted molar refractivity (Wildman–Crippen MR) is 104 cm³/mol. The van der Waals surface area contributed by atoms with E-state index in [9.17, 15) is 14.4 Å². The van der Waals surface area contributed by atoms with E-state index >= 15 is 0 Å². The highest BCUT2D eigenvalue weighted by Gasteiger charge is 2.62. The Bertz CT molecular complexity index is 969. The van der Waals surface area contributed by atoms with Gasteiger partial charge in [0.05, 0.1) is 13.7 Å². The van der Waals surface area contributed by atoms with Crippen LogP contribution in [0.4, 0.5) is 5.69 Å². The number of cyclic esters (lactones) is 1. The van der Waals surface area contributed by atoms with Crippen molar-refractivity contribution in [2.75, 3.05) is 32.8 Å². The normalized spacial score (nSPS) is 20.3. The lowest BCUT2D eigenvalue weighted by atomic mass is 9.67. The summed E-state index contributed by atoms with van der Waals surface area (Å²) in [6, 6.07) is 5.00. The number of rotatable bonds is 5. The zero-order valence-corrected chi connectivity index (χ0v) is 17.5. The average molecular weight is 467 g/mol. The van der Waals surface area contributed by atoms with Crippen molar-refractivity contribution in [1.82, 2.24) is 0 Å². The minimum Gasteiger partial charge on any atom is -0.466 e. The van der Waals surface area contributed by atoms with Crippen LogP contribution in [0.5, 0.6) is 0 Å². The van der Waals surface area contributed by atoms with Crippen LogP contribution in [0.1, 0.15) is 12.5 Å². The van der Waals surface area contributed by atoms with E-state index in [1.807, 2.05) is 0 Å². The van der Waals surface area contributed by atoms with E-state index in [2.05, 4.69) is 21.2 Å². The number of carbonyl (C=O) groups is 3. The Balaban J connectivity index is 2.31. The fourth-order valence-electron chi connectivity index (χ4n) is 3.54. The molecule has 1 aromatic rings. The minimum atomic E-state index is -1.93. The molecular weight excluding hydrogens is 448 g/mol. The second-order valence-electron chi connectivity index (χ2n) is 6.29. The van der Waals surface area contributed by atoms with E-state index in [4.69, 9.17) is 24.7 Å².